The fraction of sp³-hybridized carbons (Fsp3) is 0.857. The molecule has 1 rings (SSSR count). The summed E-state index contributed by atoms with van der Waals surface area (Å²) in [5.41, 5.74) is 5.41. The van der Waals surface area contributed by atoms with Crippen LogP contribution in [0.5, 0.6) is 0 Å². The third-order valence-corrected chi connectivity index (χ3v) is 3.27. The maximum atomic E-state index is 10.4. The molecule has 0 aromatic rings. The van der Waals surface area contributed by atoms with Crippen molar-refractivity contribution in [3.05, 3.63) is 0 Å². The average Bonchev–Trinajstić information content (AvgIpc) is 2.36. The number of thioether (sulfide) groups is 1. The quantitative estimate of drug-likeness (QED) is 0.576. The highest BCUT2D eigenvalue weighted by Gasteiger charge is 2.27. The number of nitrogens with two attached hydrogens (primary N) is 1. The molecule has 0 bridgehead atoms. The summed E-state index contributed by atoms with van der Waals surface area (Å²) in [6.45, 7) is 2.09. The molecule has 1 saturated heterocycles. The summed E-state index contributed by atoms with van der Waals surface area (Å²) in [4.78, 5) is 10.4. The molecule has 12 heavy (non-hydrogen) atoms. The molecule has 0 aliphatic carbocycles. The molecule has 3 unspecified atom stereocenters. The minimum atomic E-state index is -0.916. The lowest BCUT2D eigenvalue weighted by molar-refractivity contribution is -0.138. The Morgan fingerprint density at radius 3 is 3.00 bits per heavy atom. The van der Waals surface area contributed by atoms with Gasteiger partial charge in [0.25, 0.3) is 0 Å². The smallest absolute Gasteiger partial charge is 0.320 e. The van der Waals surface area contributed by atoms with E-state index in [1.165, 1.54) is 0 Å². The summed E-state index contributed by atoms with van der Waals surface area (Å²) >= 11 is 1.80. The lowest BCUT2D eigenvalue weighted by Crippen LogP contribution is -2.40. The van der Waals surface area contributed by atoms with Crippen molar-refractivity contribution in [1.82, 2.24) is 5.32 Å². The maximum absolute atomic E-state index is 10.4. The van der Waals surface area contributed by atoms with E-state index in [2.05, 4.69) is 12.2 Å². The van der Waals surface area contributed by atoms with E-state index in [0.29, 0.717) is 11.7 Å². The summed E-state index contributed by atoms with van der Waals surface area (Å²) in [6, 6.07) is -0.482. The molecule has 1 aliphatic rings. The molecule has 4 N–H and O–H groups in total. The number of aliphatic carboxylic acids is 1. The van der Waals surface area contributed by atoms with Crippen molar-refractivity contribution < 1.29 is 9.90 Å². The lowest BCUT2D eigenvalue weighted by Gasteiger charge is -2.16. The fourth-order valence-electron chi connectivity index (χ4n) is 1.22. The molecule has 0 radical (unpaired) electrons. The first-order chi connectivity index (χ1) is 5.61. The lowest BCUT2D eigenvalue weighted by atomic mass is 10.1. The first-order valence-corrected chi connectivity index (χ1v) is 4.99. The zero-order valence-electron chi connectivity index (χ0n) is 6.99. The van der Waals surface area contributed by atoms with E-state index in [1.54, 1.807) is 11.8 Å². The van der Waals surface area contributed by atoms with Crippen LogP contribution in [0, 0.1) is 0 Å². The molecule has 0 spiro atoms. The highest BCUT2D eigenvalue weighted by atomic mass is 32.2. The van der Waals surface area contributed by atoms with E-state index in [1.807, 2.05) is 0 Å². The molecule has 0 amide bonds. The minimum Gasteiger partial charge on any atom is -0.480 e. The second-order valence-electron chi connectivity index (χ2n) is 3.01. The zero-order chi connectivity index (χ0) is 9.14. The van der Waals surface area contributed by atoms with Gasteiger partial charge in [0.05, 0.1) is 0 Å². The first-order valence-electron chi connectivity index (χ1n) is 3.94. The van der Waals surface area contributed by atoms with Crippen molar-refractivity contribution in [2.45, 2.75) is 30.7 Å². The topological polar surface area (TPSA) is 75.3 Å². The standard InChI is InChI=1S/C7H14N2O2S/c1-4-6(9-3-12-4)2-5(8)7(10)11/h4-6,9H,2-3,8H2,1H3,(H,10,11). The molecule has 0 aromatic carbocycles. The van der Waals surface area contributed by atoms with Crippen molar-refractivity contribution in [2.75, 3.05) is 5.88 Å². The summed E-state index contributed by atoms with van der Waals surface area (Å²) in [6.07, 6.45) is 0.517. The van der Waals surface area contributed by atoms with Gasteiger partial charge in [0.15, 0.2) is 0 Å². The number of carboxylic acid groups (broad SMARTS) is 1. The summed E-state index contributed by atoms with van der Waals surface area (Å²) < 4.78 is 0. The Labute approximate surface area is 75.9 Å². The Morgan fingerprint density at radius 2 is 2.58 bits per heavy atom. The Balaban J connectivity index is 2.35. The number of nitrogens with one attached hydrogen (secondary N) is 1. The van der Waals surface area contributed by atoms with Gasteiger partial charge >= 0.3 is 5.97 Å². The van der Waals surface area contributed by atoms with Crippen molar-refractivity contribution in [1.29, 1.82) is 0 Å². The van der Waals surface area contributed by atoms with E-state index < -0.39 is 12.0 Å². The summed E-state index contributed by atoms with van der Waals surface area (Å²) in [5, 5.41) is 12.2. The van der Waals surface area contributed by atoms with Gasteiger partial charge < -0.3 is 16.2 Å². The second kappa shape index (κ2) is 4.11. The van der Waals surface area contributed by atoms with Crippen LogP contribution < -0.4 is 11.1 Å². The highest BCUT2D eigenvalue weighted by molar-refractivity contribution is 8.00. The van der Waals surface area contributed by atoms with E-state index in [0.717, 1.165) is 5.88 Å². The molecule has 0 saturated carbocycles. The van der Waals surface area contributed by atoms with E-state index >= 15 is 0 Å². The maximum Gasteiger partial charge on any atom is 0.320 e. The third-order valence-electron chi connectivity index (χ3n) is 2.08. The van der Waals surface area contributed by atoms with E-state index in [9.17, 15) is 4.79 Å². The molecular weight excluding hydrogens is 176 g/mol. The van der Waals surface area contributed by atoms with Gasteiger partial charge in [-0.15, -0.1) is 11.8 Å². The molecule has 1 fully saturated rings. The Kier molecular flexibility index (Phi) is 3.37. The number of hydrogen-bond donors (Lipinski definition) is 3. The van der Waals surface area contributed by atoms with Gasteiger partial charge in [-0.2, -0.15) is 0 Å². The normalized spacial score (nSPS) is 31.8. The molecule has 4 nitrogen and oxygen atoms in total. The highest BCUT2D eigenvalue weighted by Crippen LogP contribution is 2.22. The fourth-order valence-corrected chi connectivity index (χ4v) is 2.23. The van der Waals surface area contributed by atoms with Gasteiger partial charge in [0.2, 0.25) is 0 Å². The number of carboxylic acids is 1. The third kappa shape index (κ3) is 2.36. The van der Waals surface area contributed by atoms with Crippen molar-refractivity contribution >= 4 is 17.7 Å². The van der Waals surface area contributed by atoms with Gasteiger partial charge in [0, 0.05) is 17.2 Å². The SMILES string of the molecule is CC1SCNC1CC(N)C(=O)O. The molecule has 70 valence electrons. The van der Waals surface area contributed by atoms with E-state index in [-0.39, 0.29) is 6.04 Å². The molecule has 5 heteroatoms. The van der Waals surface area contributed by atoms with Crippen molar-refractivity contribution in [3.8, 4) is 0 Å². The van der Waals surface area contributed by atoms with Gasteiger partial charge in [-0.3, -0.25) is 4.79 Å². The monoisotopic (exact) mass is 190 g/mol. The zero-order valence-corrected chi connectivity index (χ0v) is 7.80. The van der Waals surface area contributed by atoms with Crippen LogP contribution in [0.4, 0.5) is 0 Å². The largest absolute Gasteiger partial charge is 0.480 e. The van der Waals surface area contributed by atoms with Crippen LogP contribution in [0.3, 0.4) is 0 Å². The van der Waals surface area contributed by atoms with E-state index in [4.69, 9.17) is 10.8 Å². The summed E-state index contributed by atoms with van der Waals surface area (Å²) in [7, 11) is 0. The van der Waals surface area contributed by atoms with Gasteiger partial charge in [-0.1, -0.05) is 6.92 Å². The number of rotatable bonds is 3. The summed E-state index contributed by atoms with van der Waals surface area (Å²) in [5.74, 6) is -0.0149. The molecule has 0 aromatic heterocycles. The Hall–Kier alpha value is -0.260. The first kappa shape index (κ1) is 9.83. The number of hydrogen-bond acceptors (Lipinski definition) is 4. The van der Waals surface area contributed by atoms with Crippen LogP contribution in [0.25, 0.3) is 0 Å². The predicted octanol–water partition coefficient (Wildman–Crippen LogP) is -0.161. The van der Waals surface area contributed by atoms with Crippen LogP contribution in [0.15, 0.2) is 0 Å². The number of carbonyl (C=O) groups is 1. The molecule has 3 atom stereocenters. The van der Waals surface area contributed by atoms with Crippen molar-refractivity contribution in [3.63, 3.8) is 0 Å². The predicted molar refractivity (Wildman–Crippen MR) is 49.1 cm³/mol. The van der Waals surface area contributed by atoms with Gasteiger partial charge in [-0.05, 0) is 6.42 Å². The average molecular weight is 190 g/mol. The van der Waals surface area contributed by atoms with Crippen LogP contribution in [0.1, 0.15) is 13.3 Å². The Morgan fingerprint density at radius 1 is 1.92 bits per heavy atom. The Bertz CT molecular complexity index is 177. The molecular formula is C7H14N2O2S. The van der Waals surface area contributed by atoms with Crippen LogP contribution in [-0.4, -0.2) is 34.3 Å². The van der Waals surface area contributed by atoms with Gasteiger partial charge in [-0.25, -0.2) is 0 Å². The van der Waals surface area contributed by atoms with Crippen LogP contribution >= 0.6 is 11.8 Å². The second-order valence-corrected chi connectivity index (χ2v) is 4.37. The van der Waals surface area contributed by atoms with Crippen LogP contribution in [0.2, 0.25) is 0 Å². The molecule has 1 aliphatic heterocycles. The van der Waals surface area contributed by atoms with Gasteiger partial charge in [0.1, 0.15) is 6.04 Å². The minimum absolute atomic E-state index is 0.251. The molecule has 1 heterocycles. The van der Waals surface area contributed by atoms with Crippen LogP contribution in [-0.2, 0) is 4.79 Å². The van der Waals surface area contributed by atoms with Crippen molar-refractivity contribution in [2.24, 2.45) is 5.73 Å².